The molecule has 2 heterocycles. The number of nitrogens with one attached hydrogen (secondary N) is 2. The number of hydrogen-bond donors (Lipinski definition) is 3. The van der Waals surface area contributed by atoms with Crippen molar-refractivity contribution in [3.05, 3.63) is 59.3 Å². The first-order chi connectivity index (χ1) is 17.8. The van der Waals surface area contributed by atoms with Gasteiger partial charge in [-0.05, 0) is 56.7 Å². The Labute approximate surface area is 216 Å². The minimum Gasteiger partial charge on any atom is -0.480 e. The second kappa shape index (κ2) is 14.0. The van der Waals surface area contributed by atoms with E-state index in [1.54, 1.807) is 13.2 Å². The largest absolute Gasteiger partial charge is 0.480 e. The van der Waals surface area contributed by atoms with Crippen LogP contribution in [0, 0.1) is 0 Å². The molecule has 1 atom stereocenters. The quantitative estimate of drug-likeness (QED) is 0.310. The number of carboxylic acids is 1. The molecule has 202 valence electrons. The third-order valence-electron chi connectivity index (χ3n) is 6.48. The van der Waals surface area contributed by atoms with E-state index in [-0.39, 0.29) is 6.42 Å². The topological polar surface area (TPSA) is 104 Å². The molecule has 0 saturated heterocycles. The number of pyridine rings is 1. The number of halogens is 2. The molecule has 0 radical (unpaired) electrons. The Balaban J connectivity index is 1.50. The number of fused-ring (bicyclic) bond motifs is 1. The summed E-state index contributed by atoms with van der Waals surface area (Å²) in [6.45, 7) is 2.97. The van der Waals surface area contributed by atoms with Gasteiger partial charge < -0.3 is 25.4 Å². The summed E-state index contributed by atoms with van der Waals surface area (Å²) in [5, 5.41) is 14.9. The van der Waals surface area contributed by atoms with E-state index in [2.05, 4.69) is 17.4 Å². The SMILES string of the molecule is COCCN(CCCCc1ccc2c(n1)NCCC2)CCC(NC(=O)C(F)(F)c1ccccc1)C(=O)O. The van der Waals surface area contributed by atoms with Crippen LogP contribution in [0.15, 0.2) is 42.5 Å². The van der Waals surface area contributed by atoms with Gasteiger partial charge in [-0.2, -0.15) is 8.78 Å². The molecule has 1 aliphatic rings. The monoisotopic (exact) mass is 518 g/mol. The van der Waals surface area contributed by atoms with Gasteiger partial charge in [0.05, 0.1) is 6.61 Å². The van der Waals surface area contributed by atoms with E-state index in [0.717, 1.165) is 62.3 Å². The van der Waals surface area contributed by atoms with Crippen LogP contribution in [-0.2, 0) is 33.1 Å². The van der Waals surface area contributed by atoms with Crippen LogP contribution in [0.3, 0.4) is 0 Å². The van der Waals surface area contributed by atoms with Crippen LogP contribution in [0.2, 0.25) is 0 Å². The number of benzene rings is 1. The molecule has 1 aliphatic heterocycles. The van der Waals surface area contributed by atoms with E-state index < -0.39 is 29.4 Å². The molecule has 3 N–H and O–H groups in total. The van der Waals surface area contributed by atoms with Crippen LogP contribution in [0.5, 0.6) is 0 Å². The molecule has 0 bridgehead atoms. The van der Waals surface area contributed by atoms with Crippen molar-refractivity contribution in [1.29, 1.82) is 0 Å². The van der Waals surface area contributed by atoms with Gasteiger partial charge in [-0.3, -0.25) is 4.79 Å². The van der Waals surface area contributed by atoms with E-state index in [1.807, 2.05) is 10.2 Å². The number of hydrogen-bond acceptors (Lipinski definition) is 6. The zero-order valence-corrected chi connectivity index (χ0v) is 21.2. The number of aryl methyl sites for hydroxylation is 2. The summed E-state index contributed by atoms with van der Waals surface area (Å²) in [7, 11) is 1.58. The molecule has 1 amide bonds. The van der Waals surface area contributed by atoms with Crippen LogP contribution < -0.4 is 10.6 Å². The Bertz CT molecular complexity index is 1020. The highest BCUT2D eigenvalue weighted by atomic mass is 19.3. The van der Waals surface area contributed by atoms with Gasteiger partial charge in [0.2, 0.25) is 0 Å². The molecule has 0 aliphatic carbocycles. The zero-order chi connectivity index (χ0) is 26.7. The fraction of sp³-hybridized carbons (Fsp3) is 0.519. The molecule has 37 heavy (non-hydrogen) atoms. The molecule has 0 fully saturated rings. The summed E-state index contributed by atoms with van der Waals surface area (Å²) in [6.07, 6.45) is 4.74. The van der Waals surface area contributed by atoms with Gasteiger partial charge in [-0.1, -0.05) is 36.4 Å². The minimum absolute atomic E-state index is 0.00625. The number of ether oxygens (including phenoxy) is 1. The van der Waals surface area contributed by atoms with Gasteiger partial charge in [0.25, 0.3) is 5.91 Å². The average Bonchev–Trinajstić information content (AvgIpc) is 2.91. The zero-order valence-electron chi connectivity index (χ0n) is 21.2. The van der Waals surface area contributed by atoms with Gasteiger partial charge in [-0.25, -0.2) is 9.78 Å². The third kappa shape index (κ3) is 8.46. The maximum absolute atomic E-state index is 14.5. The number of carbonyl (C=O) groups excluding carboxylic acids is 1. The average molecular weight is 519 g/mol. The molecule has 1 unspecified atom stereocenters. The van der Waals surface area contributed by atoms with Gasteiger partial charge in [0.15, 0.2) is 0 Å². The third-order valence-corrected chi connectivity index (χ3v) is 6.48. The molecule has 2 aromatic rings. The number of alkyl halides is 2. The Morgan fingerprint density at radius 3 is 2.68 bits per heavy atom. The van der Waals surface area contributed by atoms with Crippen LogP contribution in [0.25, 0.3) is 0 Å². The van der Waals surface area contributed by atoms with Crippen molar-refractivity contribution in [2.75, 3.05) is 45.2 Å². The lowest BCUT2D eigenvalue weighted by atomic mass is 10.1. The number of carbonyl (C=O) groups is 2. The van der Waals surface area contributed by atoms with Gasteiger partial charge in [0.1, 0.15) is 11.9 Å². The lowest BCUT2D eigenvalue weighted by molar-refractivity contribution is -0.152. The van der Waals surface area contributed by atoms with Crippen molar-refractivity contribution in [1.82, 2.24) is 15.2 Å². The maximum Gasteiger partial charge on any atom is 0.349 e. The predicted octanol–water partition coefficient (Wildman–Crippen LogP) is 3.46. The standard InChI is InChI=1S/C27H36F2N4O4/c1-37-19-18-33(16-6-5-11-22-13-12-20-8-7-15-30-24(20)31-22)17-14-23(25(34)35)32-26(36)27(28,29)21-9-3-2-4-10-21/h2-4,9-10,12-13,23H,5-8,11,14-19H2,1H3,(H,30,31)(H,32,36)(H,34,35). The van der Waals surface area contributed by atoms with Crippen LogP contribution >= 0.6 is 0 Å². The molecule has 10 heteroatoms. The highest BCUT2D eigenvalue weighted by Gasteiger charge is 2.42. The van der Waals surface area contributed by atoms with Crippen molar-refractivity contribution in [3.63, 3.8) is 0 Å². The highest BCUT2D eigenvalue weighted by Crippen LogP contribution is 2.28. The fourth-order valence-electron chi connectivity index (χ4n) is 4.30. The Kier molecular flexibility index (Phi) is 10.8. The molecular formula is C27H36F2N4O4. The van der Waals surface area contributed by atoms with Gasteiger partial charge >= 0.3 is 11.9 Å². The Morgan fingerprint density at radius 2 is 1.95 bits per heavy atom. The van der Waals surface area contributed by atoms with Crippen molar-refractivity contribution in [2.45, 2.75) is 50.5 Å². The van der Waals surface area contributed by atoms with Crippen LogP contribution in [0.4, 0.5) is 14.6 Å². The summed E-state index contributed by atoms with van der Waals surface area (Å²) in [5.74, 6) is -5.83. The summed E-state index contributed by atoms with van der Waals surface area (Å²) in [6, 6.07) is 9.41. The lowest BCUT2D eigenvalue weighted by Gasteiger charge is -2.25. The molecule has 0 spiro atoms. The number of anilines is 1. The predicted molar refractivity (Wildman–Crippen MR) is 137 cm³/mol. The number of aliphatic carboxylic acids is 1. The number of carboxylic acid groups (broad SMARTS) is 1. The normalized spacial score (nSPS) is 14.1. The van der Waals surface area contributed by atoms with Crippen molar-refractivity contribution in [3.8, 4) is 0 Å². The van der Waals surface area contributed by atoms with Crippen LogP contribution in [-0.4, -0.2) is 72.8 Å². The van der Waals surface area contributed by atoms with E-state index >= 15 is 0 Å². The van der Waals surface area contributed by atoms with Crippen molar-refractivity contribution >= 4 is 17.7 Å². The van der Waals surface area contributed by atoms with E-state index in [0.29, 0.717) is 26.2 Å². The number of nitrogens with zero attached hydrogens (tertiary/aromatic N) is 2. The molecule has 1 aromatic carbocycles. The van der Waals surface area contributed by atoms with Crippen molar-refractivity contribution < 1.29 is 28.2 Å². The summed E-state index contributed by atoms with van der Waals surface area (Å²) in [4.78, 5) is 30.7. The number of aromatic nitrogens is 1. The lowest BCUT2D eigenvalue weighted by Crippen LogP contribution is -2.48. The van der Waals surface area contributed by atoms with Crippen LogP contribution in [0.1, 0.15) is 42.5 Å². The number of unbranched alkanes of at least 4 members (excludes halogenated alkanes) is 1. The van der Waals surface area contributed by atoms with Gasteiger partial charge in [-0.15, -0.1) is 0 Å². The van der Waals surface area contributed by atoms with E-state index in [1.165, 1.54) is 17.7 Å². The smallest absolute Gasteiger partial charge is 0.349 e. The molecule has 1 aromatic heterocycles. The second-order valence-corrected chi connectivity index (χ2v) is 9.23. The number of rotatable bonds is 15. The maximum atomic E-state index is 14.5. The number of methoxy groups -OCH3 is 1. The first-order valence-corrected chi connectivity index (χ1v) is 12.7. The molecule has 8 nitrogen and oxygen atoms in total. The summed E-state index contributed by atoms with van der Waals surface area (Å²) in [5.41, 5.74) is 1.80. The summed E-state index contributed by atoms with van der Waals surface area (Å²) >= 11 is 0. The molecule has 0 saturated carbocycles. The van der Waals surface area contributed by atoms with E-state index in [9.17, 15) is 23.5 Å². The highest BCUT2D eigenvalue weighted by molar-refractivity contribution is 5.88. The first-order valence-electron chi connectivity index (χ1n) is 12.7. The molecular weight excluding hydrogens is 482 g/mol. The first kappa shape index (κ1) is 28.5. The number of amides is 1. The Hall–Kier alpha value is -3.11. The Morgan fingerprint density at radius 1 is 1.16 bits per heavy atom. The van der Waals surface area contributed by atoms with Gasteiger partial charge in [0, 0.05) is 38.0 Å². The van der Waals surface area contributed by atoms with Crippen molar-refractivity contribution in [2.24, 2.45) is 0 Å². The van der Waals surface area contributed by atoms with E-state index in [4.69, 9.17) is 9.72 Å². The molecule has 3 rings (SSSR count). The second-order valence-electron chi connectivity index (χ2n) is 9.23. The summed E-state index contributed by atoms with van der Waals surface area (Å²) < 4.78 is 34.2. The fourth-order valence-corrected chi connectivity index (χ4v) is 4.30. The minimum atomic E-state index is -3.83.